The summed E-state index contributed by atoms with van der Waals surface area (Å²) in [7, 11) is 0. The summed E-state index contributed by atoms with van der Waals surface area (Å²) in [6.45, 7) is 1.44. The van der Waals surface area contributed by atoms with E-state index in [4.69, 9.17) is 0 Å². The maximum absolute atomic E-state index is 13.6. The Morgan fingerprint density at radius 2 is 1.96 bits per heavy atom. The fraction of sp³-hybridized carbons (Fsp3) is 0.300. The first kappa shape index (κ1) is 17.9. The Labute approximate surface area is 152 Å². The van der Waals surface area contributed by atoms with Crippen molar-refractivity contribution >= 4 is 17.6 Å². The average molecular weight is 355 g/mol. The molecular weight excluding hydrogens is 333 g/mol. The summed E-state index contributed by atoms with van der Waals surface area (Å²) < 4.78 is 13.6. The Hall–Kier alpha value is -2.89. The number of rotatable bonds is 5. The van der Waals surface area contributed by atoms with Gasteiger partial charge in [0.1, 0.15) is 5.82 Å². The van der Waals surface area contributed by atoms with Gasteiger partial charge >= 0.3 is 6.03 Å². The first-order valence-corrected chi connectivity index (χ1v) is 8.77. The standard InChI is InChI=1S/C20H22FN3O2/c21-18-9-2-1-7-16(18)13-22-20(26)23-17-8-5-6-15(12-17)14-24-11-4-3-10-19(24)25/h1-2,5-9,12H,3-4,10-11,13-14H2,(H2,22,23,26). The summed E-state index contributed by atoms with van der Waals surface area (Å²) >= 11 is 0. The fourth-order valence-corrected chi connectivity index (χ4v) is 2.99. The van der Waals surface area contributed by atoms with E-state index in [-0.39, 0.29) is 18.3 Å². The molecule has 26 heavy (non-hydrogen) atoms. The van der Waals surface area contributed by atoms with Crippen LogP contribution in [-0.2, 0) is 17.9 Å². The van der Waals surface area contributed by atoms with Crippen LogP contribution < -0.4 is 10.6 Å². The summed E-state index contributed by atoms with van der Waals surface area (Å²) in [5, 5.41) is 5.39. The summed E-state index contributed by atoms with van der Waals surface area (Å²) in [6, 6.07) is 13.3. The van der Waals surface area contributed by atoms with Crippen LogP contribution in [0.15, 0.2) is 48.5 Å². The molecule has 0 atom stereocenters. The molecule has 1 saturated heterocycles. The molecule has 0 aromatic heterocycles. The lowest BCUT2D eigenvalue weighted by molar-refractivity contribution is -0.133. The van der Waals surface area contributed by atoms with Crippen LogP contribution >= 0.6 is 0 Å². The molecular formula is C20H22FN3O2. The molecule has 3 rings (SSSR count). The number of hydrogen-bond acceptors (Lipinski definition) is 2. The molecule has 2 aromatic carbocycles. The van der Waals surface area contributed by atoms with E-state index >= 15 is 0 Å². The summed E-state index contributed by atoms with van der Waals surface area (Å²) in [4.78, 5) is 25.8. The van der Waals surface area contributed by atoms with Crippen LogP contribution in [0.1, 0.15) is 30.4 Å². The number of hydrogen-bond donors (Lipinski definition) is 2. The van der Waals surface area contributed by atoms with Gasteiger partial charge in [-0.15, -0.1) is 0 Å². The lowest BCUT2D eigenvalue weighted by atomic mass is 10.1. The van der Waals surface area contributed by atoms with E-state index < -0.39 is 6.03 Å². The van der Waals surface area contributed by atoms with Gasteiger partial charge in [0.25, 0.3) is 0 Å². The zero-order chi connectivity index (χ0) is 18.4. The second-order valence-electron chi connectivity index (χ2n) is 6.37. The molecule has 1 fully saturated rings. The molecule has 0 saturated carbocycles. The van der Waals surface area contributed by atoms with Crippen molar-refractivity contribution in [2.45, 2.75) is 32.4 Å². The fourth-order valence-electron chi connectivity index (χ4n) is 2.99. The third kappa shape index (κ3) is 4.81. The highest BCUT2D eigenvalue weighted by Gasteiger charge is 2.18. The number of carbonyl (C=O) groups is 2. The number of urea groups is 1. The SMILES string of the molecule is O=C(NCc1ccccc1F)Nc1cccc(CN2CCCCC2=O)c1. The third-order valence-corrected chi connectivity index (χ3v) is 4.38. The van der Waals surface area contributed by atoms with Gasteiger partial charge in [0.15, 0.2) is 0 Å². The Morgan fingerprint density at radius 3 is 2.77 bits per heavy atom. The van der Waals surface area contributed by atoms with Crippen LogP contribution in [0, 0.1) is 5.82 Å². The first-order chi connectivity index (χ1) is 12.6. The van der Waals surface area contributed by atoms with E-state index in [9.17, 15) is 14.0 Å². The van der Waals surface area contributed by atoms with Crippen LogP contribution in [0.2, 0.25) is 0 Å². The summed E-state index contributed by atoms with van der Waals surface area (Å²) in [5.74, 6) is -0.168. The minimum absolute atomic E-state index is 0.112. The normalized spacial score (nSPS) is 14.2. The zero-order valence-corrected chi connectivity index (χ0v) is 14.5. The Balaban J connectivity index is 1.55. The number of nitrogens with zero attached hydrogens (tertiary/aromatic N) is 1. The van der Waals surface area contributed by atoms with Gasteiger partial charge in [-0.1, -0.05) is 30.3 Å². The van der Waals surface area contributed by atoms with Crippen LogP contribution in [0.3, 0.4) is 0 Å². The number of amides is 3. The smallest absolute Gasteiger partial charge is 0.319 e. The van der Waals surface area contributed by atoms with E-state index in [0.29, 0.717) is 24.2 Å². The van der Waals surface area contributed by atoms with E-state index in [1.54, 1.807) is 24.3 Å². The molecule has 0 bridgehead atoms. The molecule has 2 N–H and O–H groups in total. The molecule has 6 heteroatoms. The van der Waals surface area contributed by atoms with Crippen molar-refractivity contribution in [1.82, 2.24) is 10.2 Å². The van der Waals surface area contributed by atoms with Crippen LogP contribution in [-0.4, -0.2) is 23.4 Å². The molecule has 2 aromatic rings. The maximum atomic E-state index is 13.6. The van der Waals surface area contributed by atoms with Crippen molar-refractivity contribution in [1.29, 1.82) is 0 Å². The van der Waals surface area contributed by atoms with Gasteiger partial charge in [-0.25, -0.2) is 9.18 Å². The van der Waals surface area contributed by atoms with Gasteiger partial charge in [0, 0.05) is 37.3 Å². The highest BCUT2D eigenvalue weighted by molar-refractivity contribution is 5.89. The van der Waals surface area contributed by atoms with Gasteiger partial charge in [-0.2, -0.15) is 0 Å². The number of halogens is 1. The van der Waals surface area contributed by atoms with Crippen LogP contribution in [0.5, 0.6) is 0 Å². The van der Waals surface area contributed by atoms with Crippen molar-refractivity contribution in [2.24, 2.45) is 0 Å². The predicted molar refractivity (Wildman–Crippen MR) is 98.0 cm³/mol. The molecule has 136 valence electrons. The lowest BCUT2D eigenvalue weighted by Crippen LogP contribution is -2.34. The van der Waals surface area contributed by atoms with Crippen molar-refractivity contribution in [3.05, 3.63) is 65.5 Å². The number of nitrogens with one attached hydrogen (secondary N) is 2. The number of benzene rings is 2. The zero-order valence-electron chi connectivity index (χ0n) is 14.5. The van der Waals surface area contributed by atoms with E-state index in [0.717, 1.165) is 24.9 Å². The second-order valence-corrected chi connectivity index (χ2v) is 6.37. The van der Waals surface area contributed by atoms with Crippen molar-refractivity contribution in [3.8, 4) is 0 Å². The number of piperidine rings is 1. The van der Waals surface area contributed by atoms with Gasteiger partial charge in [0.05, 0.1) is 0 Å². The highest BCUT2D eigenvalue weighted by atomic mass is 19.1. The largest absolute Gasteiger partial charge is 0.338 e. The topological polar surface area (TPSA) is 61.4 Å². The summed E-state index contributed by atoms with van der Waals surface area (Å²) in [6.07, 6.45) is 2.59. The Kier molecular flexibility index (Phi) is 5.84. The number of anilines is 1. The minimum Gasteiger partial charge on any atom is -0.338 e. The molecule has 0 aliphatic carbocycles. The Morgan fingerprint density at radius 1 is 1.12 bits per heavy atom. The lowest BCUT2D eigenvalue weighted by Gasteiger charge is -2.26. The quantitative estimate of drug-likeness (QED) is 0.860. The molecule has 1 aliphatic heterocycles. The van der Waals surface area contributed by atoms with Crippen molar-refractivity contribution < 1.29 is 14.0 Å². The molecule has 5 nitrogen and oxygen atoms in total. The summed E-state index contributed by atoms with van der Waals surface area (Å²) in [5.41, 5.74) is 2.03. The van der Waals surface area contributed by atoms with Crippen LogP contribution in [0.4, 0.5) is 14.9 Å². The van der Waals surface area contributed by atoms with Gasteiger partial charge in [-0.3, -0.25) is 4.79 Å². The monoisotopic (exact) mass is 355 g/mol. The number of likely N-dealkylation sites (tertiary alicyclic amines) is 1. The van der Waals surface area contributed by atoms with Gasteiger partial charge < -0.3 is 15.5 Å². The van der Waals surface area contributed by atoms with Crippen molar-refractivity contribution in [3.63, 3.8) is 0 Å². The maximum Gasteiger partial charge on any atom is 0.319 e. The minimum atomic E-state index is -0.403. The van der Waals surface area contributed by atoms with Crippen LogP contribution in [0.25, 0.3) is 0 Å². The second kappa shape index (κ2) is 8.47. The first-order valence-electron chi connectivity index (χ1n) is 8.77. The predicted octanol–water partition coefficient (Wildman–Crippen LogP) is 3.66. The molecule has 1 aliphatic rings. The molecule has 0 radical (unpaired) electrons. The van der Waals surface area contributed by atoms with E-state index in [1.165, 1.54) is 6.07 Å². The number of carbonyl (C=O) groups excluding carboxylic acids is 2. The molecule has 0 spiro atoms. The van der Waals surface area contributed by atoms with E-state index in [1.807, 2.05) is 23.1 Å². The highest BCUT2D eigenvalue weighted by Crippen LogP contribution is 2.17. The average Bonchev–Trinajstić information content (AvgIpc) is 2.63. The Bertz CT molecular complexity index is 794. The van der Waals surface area contributed by atoms with Gasteiger partial charge in [-0.05, 0) is 36.6 Å². The van der Waals surface area contributed by atoms with Crippen molar-refractivity contribution in [2.75, 3.05) is 11.9 Å². The third-order valence-electron chi connectivity index (χ3n) is 4.38. The van der Waals surface area contributed by atoms with Gasteiger partial charge in [0.2, 0.25) is 5.91 Å². The van der Waals surface area contributed by atoms with E-state index in [2.05, 4.69) is 10.6 Å². The molecule has 1 heterocycles. The molecule has 3 amide bonds. The molecule has 0 unspecified atom stereocenters.